The Hall–Kier alpha value is -2.95. The molecule has 1 aromatic heterocycles. The van der Waals surface area contributed by atoms with Gasteiger partial charge in [-0.3, -0.25) is 0 Å². The Morgan fingerprint density at radius 3 is 2.52 bits per heavy atom. The second kappa shape index (κ2) is 8.60. The van der Waals surface area contributed by atoms with E-state index in [4.69, 9.17) is 9.40 Å². The lowest BCUT2D eigenvalue weighted by molar-refractivity contribution is 0.400. The van der Waals surface area contributed by atoms with E-state index in [1.54, 1.807) is 0 Å². The zero-order chi connectivity index (χ0) is 20.2. The molecule has 1 heterocycles. The molecule has 0 unspecified atom stereocenters. The van der Waals surface area contributed by atoms with Gasteiger partial charge in [0, 0.05) is 30.8 Å². The van der Waals surface area contributed by atoms with E-state index in [-0.39, 0.29) is 0 Å². The van der Waals surface area contributed by atoms with Crippen molar-refractivity contribution in [2.45, 2.75) is 13.5 Å². The van der Waals surface area contributed by atoms with Crippen LogP contribution in [-0.2, 0) is 6.54 Å². The summed E-state index contributed by atoms with van der Waals surface area (Å²) < 4.78 is 6.22. The highest BCUT2D eigenvalue weighted by Crippen LogP contribution is 2.32. The average molecular weight is 386 g/mol. The van der Waals surface area contributed by atoms with E-state index < -0.39 is 0 Å². The van der Waals surface area contributed by atoms with Crippen LogP contribution in [0.3, 0.4) is 0 Å². The van der Waals surface area contributed by atoms with Gasteiger partial charge in [0.15, 0.2) is 5.58 Å². The van der Waals surface area contributed by atoms with Gasteiger partial charge in [-0.05, 0) is 55.9 Å². The largest absolute Gasteiger partial charge is 0.436 e. The summed E-state index contributed by atoms with van der Waals surface area (Å²) in [5, 5.41) is 3.48. The number of benzene rings is 3. The first-order valence-corrected chi connectivity index (χ1v) is 10.0. The summed E-state index contributed by atoms with van der Waals surface area (Å²) in [5.74, 6) is 0.670. The zero-order valence-electron chi connectivity index (χ0n) is 17.3. The van der Waals surface area contributed by atoms with E-state index in [1.807, 2.05) is 12.1 Å². The number of nitrogens with one attached hydrogen (secondary N) is 1. The van der Waals surface area contributed by atoms with Gasteiger partial charge in [0.05, 0.1) is 0 Å². The highest BCUT2D eigenvalue weighted by molar-refractivity contribution is 5.86. The van der Waals surface area contributed by atoms with Crippen LogP contribution in [0.25, 0.3) is 33.7 Å². The lowest BCUT2D eigenvalue weighted by Crippen LogP contribution is -2.26. The first-order valence-electron chi connectivity index (χ1n) is 10.0. The molecule has 0 amide bonds. The molecule has 0 aliphatic carbocycles. The maximum Gasteiger partial charge on any atom is 0.227 e. The summed E-state index contributed by atoms with van der Waals surface area (Å²) >= 11 is 0. The molecule has 0 fully saturated rings. The molecule has 0 spiro atoms. The number of aromatic nitrogens is 1. The highest BCUT2D eigenvalue weighted by Gasteiger charge is 2.13. The number of rotatable bonds is 7. The third-order valence-electron chi connectivity index (χ3n) is 5.13. The van der Waals surface area contributed by atoms with Gasteiger partial charge in [-0.15, -0.1) is 0 Å². The second-order valence-electron chi connectivity index (χ2n) is 7.65. The van der Waals surface area contributed by atoms with Crippen LogP contribution in [0.4, 0.5) is 0 Å². The Bertz CT molecular complexity index is 1100. The second-order valence-corrected chi connectivity index (χ2v) is 7.65. The summed E-state index contributed by atoms with van der Waals surface area (Å²) in [6.45, 7) is 4.92. The van der Waals surface area contributed by atoms with Gasteiger partial charge in [-0.1, -0.05) is 48.5 Å². The Kier molecular flexibility index (Phi) is 5.74. The van der Waals surface area contributed by atoms with Crippen LogP contribution in [0.5, 0.6) is 0 Å². The Morgan fingerprint density at radius 1 is 0.931 bits per heavy atom. The molecule has 4 rings (SSSR count). The smallest absolute Gasteiger partial charge is 0.227 e. The van der Waals surface area contributed by atoms with Crippen LogP contribution < -0.4 is 5.32 Å². The lowest BCUT2D eigenvalue weighted by atomic mass is 10.00. The van der Waals surface area contributed by atoms with Crippen LogP contribution in [0, 0.1) is 6.92 Å². The molecule has 148 valence electrons. The van der Waals surface area contributed by atoms with Gasteiger partial charge in [-0.2, -0.15) is 0 Å². The standard InChI is InChI=1S/C25H27N3O/c1-18-22(20-9-5-4-6-10-20)12-13-23-24(18)29-25(27-23)21-11-7-8-19(16-21)17-26-14-15-28(2)3/h4-13,16,26H,14-15,17H2,1-3H3. The summed E-state index contributed by atoms with van der Waals surface area (Å²) in [5.41, 5.74) is 7.48. The minimum absolute atomic E-state index is 0.670. The summed E-state index contributed by atoms with van der Waals surface area (Å²) in [6, 6.07) is 23.0. The number of hydrogen-bond donors (Lipinski definition) is 1. The number of oxazole rings is 1. The van der Waals surface area contributed by atoms with Crippen LogP contribution >= 0.6 is 0 Å². The van der Waals surface area contributed by atoms with Crippen molar-refractivity contribution in [3.8, 4) is 22.6 Å². The molecule has 0 saturated carbocycles. The maximum absolute atomic E-state index is 6.22. The van der Waals surface area contributed by atoms with Crippen molar-refractivity contribution < 1.29 is 4.42 Å². The Morgan fingerprint density at radius 2 is 1.72 bits per heavy atom. The van der Waals surface area contributed by atoms with Gasteiger partial charge in [-0.25, -0.2) is 4.98 Å². The molecule has 4 aromatic rings. The normalized spacial score (nSPS) is 11.4. The van der Waals surface area contributed by atoms with Crippen LogP contribution in [-0.4, -0.2) is 37.1 Å². The molecule has 1 N–H and O–H groups in total. The van der Waals surface area contributed by atoms with Crippen LogP contribution in [0.1, 0.15) is 11.1 Å². The molecule has 0 aliphatic rings. The van der Waals surface area contributed by atoms with Crippen molar-refractivity contribution in [1.29, 1.82) is 0 Å². The SMILES string of the molecule is Cc1c(-c2ccccc2)ccc2nc(-c3cccc(CNCCN(C)C)c3)oc12. The number of nitrogens with zero attached hydrogens (tertiary/aromatic N) is 2. The predicted molar refractivity (Wildman–Crippen MR) is 120 cm³/mol. The van der Waals surface area contributed by atoms with E-state index in [2.05, 4.69) is 85.8 Å². The van der Waals surface area contributed by atoms with E-state index in [1.165, 1.54) is 16.7 Å². The van der Waals surface area contributed by atoms with Crippen molar-refractivity contribution >= 4 is 11.1 Å². The highest BCUT2D eigenvalue weighted by atomic mass is 16.3. The average Bonchev–Trinajstić information content (AvgIpc) is 3.18. The fourth-order valence-electron chi connectivity index (χ4n) is 3.53. The molecule has 0 bridgehead atoms. The van der Waals surface area contributed by atoms with Crippen LogP contribution in [0.2, 0.25) is 0 Å². The van der Waals surface area contributed by atoms with Crippen molar-refractivity contribution in [1.82, 2.24) is 15.2 Å². The van der Waals surface area contributed by atoms with Crippen molar-refractivity contribution in [2.24, 2.45) is 0 Å². The Balaban J connectivity index is 1.60. The molecule has 0 atom stereocenters. The Labute approximate surface area is 172 Å². The van der Waals surface area contributed by atoms with Gasteiger partial charge in [0.1, 0.15) is 5.52 Å². The number of aryl methyl sites for hydroxylation is 1. The minimum atomic E-state index is 0.670. The number of hydrogen-bond acceptors (Lipinski definition) is 4. The lowest BCUT2D eigenvalue weighted by Gasteiger charge is -2.10. The number of fused-ring (bicyclic) bond motifs is 1. The van der Waals surface area contributed by atoms with E-state index in [0.29, 0.717) is 5.89 Å². The predicted octanol–water partition coefficient (Wildman–Crippen LogP) is 5.12. The van der Waals surface area contributed by atoms with Gasteiger partial charge in [0.25, 0.3) is 0 Å². The van der Waals surface area contributed by atoms with Gasteiger partial charge < -0.3 is 14.6 Å². The first-order chi connectivity index (χ1) is 14.1. The third-order valence-corrected chi connectivity index (χ3v) is 5.13. The van der Waals surface area contributed by atoms with E-state index in [9.17, 15) is 0 Å². The minimum Gasteiger partial charge on any atom is -0.436 e. The van der Waals surface area contributed by atoms with Crippen molar-refractivity contribution in [3.63, 3.8) is 0 Å². The van der Waals surface area contributed by atoms with Gasteiger partial charge in [0.2, 0.25) is 5.89 Å². The molecule has 29 heavy (non-hydrogen) atoms. The summed E-state index contributed by atoms with van der Waals surface area (Å²) in [4.78, 5) is 6.92. The fraction of sp³-hybridized carbons (Fsp3) is 0.240. The monoisotopic (exact) mass is 385 g/mol. The summed E-state index contributed by atoms with van der Waals surface area (Å²) in [6.07, 6.45) is 0. The third kappa shape index (κ3) is 4.39. The van der Waals surface area contributed by atoms with Crippen molar-refractivity contribution in [3.05, 3.63) is 77.9 Å². The number of likely N-dealkylation sites (N-methyl/N-ethyl adjacent to an activating group) is 1. The zero-order valence-corrected chi connectivity index (χ0v) is 17.3. The fourth-order valence-corrected chi connectivity index (χ4v) is 3.53. The molecule has 4 heteroatoms. The topological polar surface area (TPSA) is 41.3 Å². The molecular formula is C25H27N3O. The van der Waals surface area contributed by atoms with E-state index >= 15 is 0 Å². The van der Waals surface area contributed by atoms with Gasteiger partial charge >= 0.3 is 0 Å². The molecule has 0 radical (unpaired) electrons. The molecule has 0 aliphatic heterocycles. The quantitative estimate of drug-likeness (QED) is 0.448. The van der Waals surface area contributed by atoms with Crippen LogP contribution in [0.15, 0.2) is 71.1 Å². The van der Waals surface area contributed by atoms with E-state index in [0.717, 1.165) is 41.9 Å². The molecule has 0 saturated heterocycles. The molecule has 3 aromatic carbocycles. The molecular weight excluding hydrogens is 358 g/mol. The van der Waals surface area contributed by atoms with Crippen molar-refractivity contribution in [2.75, 3.05) is 27.2 Å². The maximum atomic E-state index is 6.22. The summed E-state index contributed by atoms with van der Waals surface area (Å²) in [7, 11) is 4.17. The molecule has 4 nitrogen and oxygen atoms in total. The first kappa shape index (κ1) is 19.4.